The Hall–Kier alpha value is -3.33. The number of aliphatic hydroxyl groups is 1. The molecule has 2 N–H and O–H groups in total. The van der Waals surface area contributed by atoms with Crippen LogP contribution in [0.3, 0.4) is 0 Å². The first-order valence-electron chi connectivity index (χ1n) is 8.20. The maximum Gasteiger partial charge on any atom is 0.301 e. The average Bonchev–Trinajstić information content (AvgIpc) is 2.61. The van der Waals surface area contributed by atoms with Crippen LogP contribution in [0.5, 0.6) is 0 Å². The SMILES string of the molecule is CC(C)(O)/C(CCc1ccccc1)=N\Nc1ccc([N+](=O)[O-])cc1[N+](=O)[O-]. The van der Waals surface area contributed by atoms with Gasteiger partial charge in [0, 0.05) is 6.07 Å². The molecule has 9 heteroatoms. The Balaban J connectivity index is 2.25. The predicted molar refractivity (Wildman–Crippen MR) is 102 cm³/mol. The minimum absolute atomic E-state index is 0.00654. The summed E-state index contributed by atoms with van der Waals surface area (Å²) < 4.78 is 0. The van der Waals surface area contributed by atoms with Crippen LogP contribution in [0, 0.1) is 20.2 Å². The molecule has 9 nitrogen and oxygen atoms in total. The first-order chi connectivity index (χ1) is 12.7. The van der Waals surface area contributed by atoms with Crippen molar-refractivity contribution < 1.29 is 15.0 Å². The fourth-order valence-electron chi connectivity index (χ4n) is 2.41. The van der Waals surface area contributed by atoms with Gasteiger partial charge in [-0.3, -0.25) is 25.7 Å². The number of anilines is 1. The number of benzene rings is 2. The minimum atomic E-state index is -1.24. The highest BCUT2D eigenvalue weighted by Gasteiger charge is 2.23. The van der Waals surface area contributed by atoms with Gasteiger partial charge < -0.3 is 5.11 Å². The zero-order valence-corrected chi connectivity index (χ0v) is 15.0. The Bertz CT molecular complexity index is 860. The van der Waals surface area contributed by atoms with Crippen molar-refractivity contribution in [2.24, 2.45) is 5.10 Å². The van der Waals surface area contributed by atoms with Crippen LogP contribution in [0.25, 0.3) is 0 Å². The van der Waals surface area contributed by atoms with Crippen LogP contribution < -0.4 is 5.43 Å². The van der Waals surface area contributed by atoms with Gasteiger partial charge in [-0.25, -0.2) is 0 Å². The van der Waals surface area contributed by atoms with E-state index < -0.39 is 21.1 Å². The second kappa shape index (κ2) is 8.37. The van der Waals surface area contributed by atoms with E-state index in [1.807, 2.05) is 30.3 Å². The molecule has 142 valence electrons. The van der Waals surface area contributed by atoms with Gasteiger partial charge in [-0.05, 0) is 38.3 Å². The molecule has 0 bridgehead atoms. The minimum Gasteiger partial charge on any atom is -0.384 e. The summed E-state index contributed by atoms with van der Waals surface area (Å²) in [5.74, 6) is 0. The molecule has 0 fully saturated rings. The van der Waals surface area contributed by atoms with Gasteiger partial charge in [0.15, 0.2) is 0 Å². The van der Waals surface area contributed by atoms with Gasteiger partial charge in [-0.15, -0.1) is 0 Å². The summed E-state index contributed by atoms with van der Waals surface area (Å²) in [4.78, 5) is 20.6. The fraction of sp³-hybridized carbons (Fsp3) is 0.278. The molecule has 2 rings (SSSR count). The standard InChI is InChI=1S/C18H20N4O5/c1-18(2,23)17(11-8-13-6-4-3-5-7-13)20-19-15-10-9-14(21(24)25)12-16(15)22(26)27/h3-7,9-10,12,19,23H,8,11H2,1-2H3/b20-17-. The third-order valence-electron chi connectivity index (χ3n) is 3.90. The number of rotatable bonds is 8. The summed E-state index contributed by atoms with van der Waals surface area (Å²) in [5, 5.41) is 36.5. The van der Waals surface area contributed by atoms with E-state index in [1.54, 1.807) is 13.8 Å². The summed E-state index contributed by atoms with van der Waals surface area (Å²) in [6, 6.07) is 12.9. The van der Waals surface area contributed by atoms with Crippen molar-refractivity contribution in [1.29, 1.82) is 0 Å². The van der Waals surface area contributed by atoms with E-state index in [4.69, 9.17) is 0 Å². The quantitative estimate of drug-likeness (QED) is 0.413. The molecule has 0 aromatic heterocycles. The molecule has 27 heavy (non-hydrogen) atoms. The normalized spacial score (nSPS) is 11.9. The number of hydrogen-bond donors (Lipinski definition) is 2. The van der Waals surface area contributed by atoms with Gasteiger partial charge in [-0.1, -0.05) is 30.3 Å². The van der Waals surface area contributed by atoms with E-state index in [0.29, 0.717) is 18.6 Å². The van der Waals surface area contributed by atoms with Crippen LogP contribution in [0.4, 0.5) is 17.1 Å². The van der Waals surface area contributed by atoms with E-state index in [0.717, 1.165) is 17.7 Å². The average molecular weight is 372 g/mol. The molecule has 0 saturated carbocycles. The molecule has 0 amide bonds. The molecule has 0 unspecified atom stereocenters. The third kappa shape index (κ3) is 5.58. The summed E-state index contributed by atoms with van der Waals surface area (Å²) in [7, 11) is 0. The second-order valence-corrected chi connectivity index (χ2v) is 6.43. The van der Waals surface area contributed by atoms with Crippen LogP contribution >= 0.6 is 0 Å². The zero-order chi connectivity index (χ0) is 20.0. The van der Waals surface area contributed by atoms with Crippen molar-refractivity contribution >= 4 is 22.8 Å². The van der Waals surface area contributed by atoms with Gasteiger partial charge in [0.1, 0.15) is 5.69 Å². The lowest BCUT2D eigenvalue weighted by atomic mass is 9.96. The van der Waals surface area contributed by atoms with Crippen molar-refractivity contribution in [3.05, 3.63) is 74.3 Å². The van der Waals surface area contributed by atoms with Gasteiger partial charge in [0.25, 0.3) is 5.69 Å². The molecule has 0 aliphatic rings. The highest BCUT2D eigenvalue weighted by molar-refractivity contribution is 5.92. The van der Waals surface area contributed by atoms with Crippen molar-refractivity contribution in [2.75, 3.05) is 5.43 Å². The van der Waals surface area contributed by atoms with Gasteiger partial charge in [0.05, 0.1) is 27.2 Å². The second-order valence-electron chi connectivity index (χ2n) is 6.43. The number of aryl methyl sites for hydroxylation is 1. The molecule has 0 spiro atoms. The maximum absolute atomic E-state index is 11.2. The highest BCUT2D eigenvalue weighted by Crippen LogP contribution is 2.29. The van der Waals surface area contributed by atoms with Crippen LogP contribution in [0.1, 0.15) is 25.8 Å². The molecule has 0 saturated heterocycles. The lowest BCUT2D eigenvalue weighted by Gasteiger charge is -2.20. The van der Waals surface area contributed by atoms with E-state index in [9.17, 15) is 25.3 Å². The van der Waals surface area contributed by atoms with Crippen molar-refractivity contribution in [1.82, 2.24) is 0 Å². The number of nitro groups is 2. The van der Waals surface area contributed by atoms with E-state index >= 15 is 0 Å². The number of nitrogens with zero attached hydrogens (tertiary/aromatic N) is 3. The van der Waals surface area contributed by atoms with Crippen molar-refractivity contribution in [3.63, 3.8) is 0 Å². The van der Waals surface area contributed by atoms with Crippen LogP contribution in [-0.4, -0.2) is 26.3 Å². The molecule has 0 aliphatic carbocycles. The number of hydrazone groups is 1. The molecule has 0 aliphatic heterocycles. The molecule has 2 aromatic rings. The van der Waals surface area contributed by atoms with Gasteiger partial charge >= 0.3 is 5.69 Å². The van der Waals surface area contributed by atoms with Gasteiger partial charge in [-0.2, -0.15) is 5.10 Å². The summed E-state index contributed by atoms with van der Waals surface area (Å²) in [5.41, 5.74) is 1.95. The third-order valence-corrected chi connectivity index (χ3v) is 3.90. The van der Waals surface area contributed by atoms with Crippen LogP contribution in [0.2, 0.25) is 0 Å². The van der Waals surface area contributed by atoms with E-state index in [1.165, 1.54) is 6.07 Å². The van der Waals surface area contributed by atoms with E-state index in [-0.39, 0.29) is 11.4 Å². The molecule has 0 radical (unpaired) electrons. The Kier molecular flexibility index (Phi) is 6.19. The molecular formula is C18H20N4O5. The lowest BCUT2D eigenvalue weighted by molar-refractivity contribution is -0.393. The number of nitro benzene ring substituents is 2. The Morgan fingerprint density at radius 1 is 1.11 bits per heavy atom. The first kappa shape index (κ1) is 20.0. The molecule has 0 heterocycles. The Labute approximate surface area is 155 Å². The fourth-order valence-corrected chi connectivity index (χ4v) is 2.41. The summed E-state index contributed by atoms with van der Waals surface area (Å²) in [6.45, 7) is 3.14. The van der Waals surface area contributed by atoms with Crippen LogP contribution in [0.15, 0.2) is 53.6 Å². The van der Waals surface area contributed by atoms with Gasteiger partial charge in [0.2, 0.25) is 0 Å². The largest absolute Gasteiger partial charge is 0.384 e. The predicted octanol–water partition coefficient (Wildman–Crippen LogP) is 3.67. The summed E-state index contributed by atoms with van der Waals surface area (Å²) in [6.07, 6.45) is 1.06. The zero-order valence-electron chi connectivity index (χ0n) is 15.0. The molecule has 0 atom stereocenters. The Morgan fingerprint density at radius 3 is 2.33 bits per heavy atom. The number of nitrogens with one attached hydrogen (secondary N) is 1. The first-order valence-corrected chi connectivity index (χ1v) is 8.20. The van der Waals surface area contributed by atoms with Crippen molar-refractivity contribution in [3.8, 4) is 0 Å². The maximum atomic E-state index is 11.2. The monoisotopic (exact) mass is 372 g/mol. The van der Waals surface area contributed by atoms with Crippen LogP contribution in [-0.2, 0) is 6.42 Å². The topological polar surface area (TPSA) is 131 Å². The number of non-ortho nitro benzene ring substituents is 1. The molecular weight excluding hydrogens is 352 g/mol. The van der Waals surface area contributed by atoms with E-state index in [2.05, 4.69) is 10.5 Å². The molecule has 2 aromatic carbocycles. The smallest absolute Gasteiger partial charge is 0.301 e. The number of hydrogen-bond acceptors (Lipinski definition) is 7. The Morgan fingerprint density at radius 2 is 1.78 bits per heavy atom. The highest BCUT2D eigenvalue weighted by atomic mass is 16.6. The summed E-state index contributed by atoms with van der Waals surface area (Å²) >= 11 is 0. The van der Waals surface area contributed by atoms with Crippen molar-refractivity contribution in [2.45, 2.75) is 32.3 Å². The lowest BCUT2D eigenvalue weighted by Crippen LogP contribution is -2.32.